The zero-order valence-corrected chi connectivity index (χ0v) is 14.4. The summed E-state index contributed by atoms with van der Waals surface area (Å²) in [5.74, 6) is 0.912. The van der Waals surface area contributed by atoms with Gasteiger partial charge in [-0.25, -0.2) is 0 Å². The summed E-state index contributed by atoms with van der Waals surface area (Å²) in [5, 5.41) is 12.7. The van der Waals surface area contributed by atoms with Gasteiger partial charge in [-0.2, -0.15) is 4.68 Å². The van der Waals surface area contributed by atoms with Crippen LogP contribution < -0.4 is 0 Å². The Bertz CT molecular complexity index is 821. The SMILES string of the molecule is CN(Cc1ccco1)C(=O)CSc1nnnn1-c1cccc(Cl)c1. The molecule has 24 heavy (non-hydrogen) atoms. The molecule has 3 rings (SSSR count). The Morgan fingerprint density at radius 2 is 2.25 bits per heavy atom. The number of carbonyl (C=O) groups excluding carboxylic acids is 1. The third kappa shape index (κ3) is 3.95. The number of amides is 1. The maximum atomic E-state index is 12.2. The van der Waals surface area contributed by atoms with Gasteiger partial charge in [0.2, 0.25) is 11.1 Å². The molecule has 0 saturated heterocycles. The first kappa shape index (κ1) is 16.5. The number of tetrazole rings is 1. The van der Waals surface area contributed by atoms with Crippen molar-refractivity contribution in [3.05, 3.63) is 53.4 Å². The highest BCUT2D eigenvalue weighted by molar-refractivity contribution is 7.99. The van der Waals surface area contributed by atoms with Crippen molar-refractivity contribution in [1.29, 1.82) is 0 Å². The van der Waals surface area contributed by atoms with E-state index in [-0.39, 0.29) is 11.7 Å². The van der Waals surface area contributed by atoms with Gasteiger partial charge < -0.3 is 9.32 Å². The van der Waals surface area contributed by atoms with Crippen molar-refractivity contribution in [2.24, 2.45) is 0 Å². The third-order valence-corrected chi connectivity index (χ3v) is 4.36. The maximum absolute atomic E-state index is 12.2. The molecule has 124 valence electrons. The van der Waals surface area contributed by atoms with Crippen LogP contribution in [0.3, 0.4) is 0 Å². The van der Waals surface area contributed by atoms with Crippen LogP contribution in [0.4, 0.5) is 0 Å². The van der Waals surface area contributed by atoms with Crippen LogP contribution in [0.5, 0.6) is 0 Å². The molecule has 7 nitrogen and oxygen atoms in total. The summed E-state index contributed by atoms with van der Waals surface area (Å²) < 4.78 is 6.80. The Labute approximate surface area is 147 Å². The molecule has 0 aliphatic carbocycles. The number of benzene rings is 1. The topological polar surface area (TPSA) is 77.1 Å². The van der Waals surface area contributed by atoms with Crippen molar-refractivity contribution in [2.75, 3.05) is 12.8 Å². The van der Waals surface area contributed by atoms with Gasteiger partial charge in [0.05, 0.1) is 24.2 Å². The number of halogens is 1. The fourth-order valence-corrected chi connectivity index (χ4v) is 3.02. The lowest BCUT2D eigenvalue weighted by Crippen LogP contribution is -2.27. The fourth-order valence-electron chi connectivity index (χ4n) is 2.00. The number of nitrogens with zero attached hydrogens (tertiary/aromatic N) is 5. The molecule has 1 amide bonds. The maximum Gasteiger partial charge on any atom is 0.233 e. The summed E-state index contributed by atoms with van der Waals surface area (Å²) in [6, 6.07) is 10.8. The van der Waals surface area contributed by atoms with Crippen LogP contribution in [0.1, 0.15) is 5.76 Å². The predicted molar refractivity (Wildman–Crippen MR) is 90.1 cm³/mol. The van der Waals surface area contributed by atoms with E-state index in [1.54, 1.807) is 41.1 Å². The average Bonchev–Trinajstić information content (AvgIpc) is 3.23. The first-order valence-electron chi connectivity index (χ1n) is 7.07. The first-order valence-corrected chi connectivity index (χ1v) is 8.43. The van der Waals surface area contributed by atoms with Crippen molar-refractivity contribution < 1.29 is 9.21 Å². The zero-order chi connectivity index (χ0) is 16.9. The summed E-state index contributed by atoms with van der Waals surface area (Å²) in [6.07, 6.45) is 1.58. The van der Waals surface area contributed by atoms with E-state index in [0.717, 1.165) is 11.4 Å². The van der Waals surface area contributed by atoms with Crippen molar-refractivity contribution >= 4 is 29.3 Å². The molecule has 0 aliphatic heterocycles. The van der Waals surface area contributed by atoms with E-state index in [2.05, 4.69) is 15.5 Å². The standard InChI is InChI=1S/C15H14ClN5O2S/c1-20(9-13-6-3-7-23-13)14(22)10-24-15-17-18-19-21(15)12-5-2-4-11(16)8-12/h2-8H,9-10H2,1H3. The first-order chi connectivity index (χ1) is 11.6. The molecule has 1 aromatic carbocycles. The molecule has 0 atom stereocenters. The van der Waals surface area contributed by atoms with Gasteiger partial charge >= 0.3 is 0 Å². The summed E-state index contributed by atoms with van der Waals surface area (Å²) in [5.41, 5.74) is 0.742. The number of hydrogen-bond acceptors (Lipinski definition) is 6. The molecular weight excluding hydrogens is 350 g/mol. The molecule has 0 fully saturated rings. The smallest absolute Gasteiger partial charge is 0.233 e. The number of carbonyl (C=O) groups is 1. The minimum absolute atomic E-state index is 0.0444. The third-order valence-electron chi connectivity index (χ3n) is 3.22. The van der Waals surface area contributed by atoms with Crippen molar-refractivity contribution in [3.63, 3.8) is 0 Å². The normalized spacial score (nSPS) is 10.8. The lowest BCUT2D eigenvalue weighted by Gasteiger charge is -2.15. The Hall–Kier alpha value is -2.32. The van der Waals surface area contributed by atoms with Crippen molar-refractivity contribution in [3.8, 4) is 5.69 Å². The Morgan fingerprint density at radius 3 is 3.00 bits per heavy atom. The summed E-state index contributed by atoms with van der Waals surface area (Å²) in [7, 11) is 1.73. The van der Waals surface area contributed by atoms with Crippen LogP contribution >= 0.6 is 23.4 Å². The van der Waals surface area contributed by atoms with Crippen LogP contribution in [-0.4, -0.2) is 43.8 Å². The highest BCUT2D eigenvalue weighted by atomic mass is 35.5. The highest BCUT2D eigenvalue weighted by Gasteiger charge is 2.15. The second-order valence-electron chi connectivity index (χ2n) is 4.97. The summed E-state index contributed by atoms with van der Waals surface area (Å²) >= 11 is 7.26. The van der Waals surface area contributed by atoms with E-state index in [1.807, 2.05) is 18.2 Å². The molecule has 9 heteroatoms. The molecule has 0 aliphatic rings. The molecule has 0 radical (unpaired) electrons. The molecule has 0 spiro atoms. The Balaban J connectivity index is 1.63. The van der Waals surface area contributed by atoms with Crippen LogP contribution in [0.25, 0.3) is 5.69 Å². The minimum atomic E-state index is -0.0444. The monoisotopic (exact) mass is 363 g/mol. The van der Waals surface area contributed by atoms with E-state index in [4.69, 9.17) is 16.0 Å². The van der Waals surface area contributed by atoms with Gasteiger partial charge in [-0.1, -0.05) is 29.4 Å². The number of furan rings is 1. The van der Waals surface area contributed by atoms with E-state index >= 15 is 0 Å². The van der Waals surface area contributed by atoms with E-state index < -0.39 is 0 Å². The molecule has 0 bridgehead atoms. The van der Waals surface area contributed by atoms with E-state index in [1.165, 1.54) is 11.8 Å². The van der Waals surface area contributed by atoms with Crippen molar-refractivity contribution in [1.82, 2.24) is 25.1 Å². The van der Waals surface area contributed by atoms with Crippen molar-refractivity contribution in [2.45, 2.75) is 11.7 Å². The Kier molecular flexibility index (Phi) is 5.17. The number of thioether (sulfide) groups is 1. The molecule has 3 aromatic rings. The number of hydrogen-bond donors (Lipinski definition) is 0. The van der Waals surface area contributed by atoms with Crippen LogP contribution in [0.15, 0.2) is 52.2 Å². The van der Waals surface area contributed by atoms with Crippen LogP contribution in [-0.2, 0) is 11.3 Å². The van der Waals surface area contributed by atoms with Gasteiger partial charge in [0.25, 0.3) is 0 Å². The largest absolute Gasteiger partial charge is 0.467 e. The fraction of sp³-hybridized carbons (Fsp3) is 0.200. The summed E-state index contributed by atoms with van der Waals surface area (Å²) in [6.45, 7) is 0.422. The lowest BCUT2D eigenvalue weighted by atomic mass is 10.3. The molecule has 0 unspecified atom stereocenters. The second kappa shape index (κ2) is 7.50. The van der Waals surface area contributed by atoms with Gasteiger partial charge in [-0.05, 0) is 40.8 Å². The second-order valence-corrected chi connectivity index (χ2v) is 6.35. The summed E-state index contributed by atoms with van der Waals surface area (Å²) in [4.78, 5) is 13.8. The number of rotatable bonds is 6. The van der Waals surface area contributed by atoms with Gasteiger partial charge in [-0.15, -0.1) is 5.10 Å². The number of aromatic nitrogens is 4. The minimum Gasteiger partial charge on any atom is -0.467 e. The lowest BCUT2D eigenvalue weighted by molar-refractivity contribution is -0.127. The quantitative estimate of drug-likeness (QED) is 0.626. The van der Waals surface area contributed by atoms with E-state index in [0.29, 0.717) is 16.7 Å². The highest BCUT2D eigenvalue weighted by Crippen LogP contribution is 2.20. The molecule has 2 aromatic heterocycles. The predicted octanol–water partition coefficient (Wildman–Crippen LogP) is 2.66. The molecule has 0 saturated carbocycles. The average molecular weight is 364 g/mol. The molecule has 0 N–H and O–H groups in total. The zero-order valence-electron chi connectivity index (χ0n) is 12.8. The molecular formula is C15H14ClN5O2S. The van der Waals surface area contributed by atoms with Crippen LogP contribution in [0.2, 0.25) is 5.02 Å². The van der Waals surface area contributed by atoms with Gasteiger partial charge in [0.1, 0.15) is 5.76 Å². The van der Waals surface area contributed by atoms with Gasteiger partial charge in [0, 0.05) is 12.1 Å². The van der Waals surface area contributed by atoms with Gasteiger partial charge in [-0.3, -0.25) is 4.79 Å². The Morgan fingerprint density at radius 1 is 1.38 bits per heavy atom. The van der Waals surface area contributed by atoms with Gasteiger partial charge in [0.15, 0.2) is 0 Å². The van der Waals surface area contributed by atoms with Crippen LogP contribution in [0, 0.1) is 0 Å². The van der Waals surface area contributed by atoms with E-state index in [9.17, 15) is 4.79 Å². The molecule has 2 heterocycles.